The van der Waals surface area contributed by atoms with Crippen molar-refractivity contribution in [1.29, 1.82) is 0 Å². The SMILES string of the molecule is CCc1ccc(NC(N)=NCC2CCN(S(C)(=O)=O)CC2)cc1. The molecular weight excluding hydrogens is 312 g/mol. The van der Waals surface area contributed by atoms with Crippen molar-refractivity contribution in [3.8, 4) is 0 Å². The molecule has 0 atom stereocenters. The van der Waals surface area contributed by atoms with Crippen molar-refractivity contribution in [3.63, 3.8) is 0 Å². The summed E-state index contributed by atoms with van der Waals surface area (Å²) >= 11 is 0. The highest BCUT2D eigenvalue weighted by atomic mass is 32.2. The average Bonchev–Trinajstić information content (AvgIpc) is 2.53. The molecule has 1 saturated heterocycles. The Hall–Kier alpha value is -1.60. The summed E-state index contributed by atoms with van der Waals surface area (Å²) < 4.78 is 24.5. The molecule has 0 amide bonds. The van der Waals surface area contributed by atoms with Crippen molar-refractivity contribution in [1.82, 2.24) is 4.31 Å². The number of rotatable bonds is 5. The van der Waals surface area contributed by atoms with Gasteiger partial charge in [-0.25, -0.2) is 12.7 Å². The lowest BCUT2D eigenvalue weighted by Crippen LogP contribution is -2.38. The second kappa shape index (κ2) is 7.79. The number of hydrogen-bond donors (Lipinski definition) is 2. The van der Waals surface area contributed by atoms with Gasteiger partial charge in [-0.2, -0.15) is 0 Å². The molecule has 1 aliphatic rings. The lowest BCUT2D eigenvalue weighted by molar-refractivity contribution is 0.280. The van der Waals surface area contributed by atoms with Crippen LogP contribution in [0.3, 0.4) is 0 Å². The van der Waals surface area contributed by atoms with Gasteiger partial charge in [0.05, 0.1) is 6.26 Å². The van der Waals surface area contributed by atoms with Crippen LogP contribution >= 0.6 is 0 Å². The number of guanidine groups is 1. The highest BCUT2D eigenvalue weighted by molar-refractivity contribution is 7.88. The monoisotopic (exact) mass is 338 g/mol. The molecule has 1 fully saturated rings. The van der Waals surface area contributed by atoms with Gasteiger partial charge in [-0.3, -0.25) is 4.99 Å². The van der Waals surface area contributed by atoms with Gasteiger partial charge in [0.2, 0.25) is 10.0 Å². The summed E-state index contributed by atoms with van der Waals surface area (Å²) in [6.07, 6.45) is 3.93. The lowest BCUT2D eigenvalue weighted by atomic mass is 9.98. The van der Waals surface area contributed by atoms with Crippen LogP contribution in [0.15, 0.2) is 29.3 Å². The number of aryl methyl sites for hydroxylation is 1. The highest BCUT2D eigenvalue weighted by Crippen LogP contribution is 2.19. The highest BCUT2D eigenvalue weighted by Gasteiger charge is 2.24. The Balaban J connectivity index is 1.81. The van der Waals surface area contributed by atoms with Crippen LogP contribution in [-0.2, 0) is 16.4 Å². The van der Waals surface area contributed by atoms with Gasteiger partial charge in [-0.05, 0) is 42.9 Å². The van der Waals surface area contributed by atoms with Gasteiger partial charge in [-0.1, -0.05) is 19.1 Å². The van der Waals surface area contributed by atoms with Gasteiger partial charge < -0.3 is 11.1 Å². The Bertz CT molecular complexity index is 633. The largest absolute Gasteiger partial charge is 0.370 e. The molecule has 128 valence electrons. The Labute approximate surface area is 138 Å². The minimum absolute atomic E-state index is 0.385. The van der Waals surface area contributed by atoms with E-state index in [1.807, 2.05) is 12.1 Å². The fourth-order valence-corrected chi connectivity index (χ4v) is 3.54. The molecule has 0 spiro atoms. The number of nitrogens with one attached hydrogen (secondary N) is 1. The van der Waals surface area contributed by atoms with Crippen LogP contribution in [0.25, 0.3) is 0 Å². The number of nitrogens with two attached hydrogens (primary N) is 1. The number of sulfonamides is 1. The number of aliphatic imine (C=N–C) groups is 1. The third-order valence-corrected chi connectivity index (χ3v) is 5.50. The maximum Gasteiger partial charge on any atom is 0.211 e. The summed E-state index contributed by atoms with van der Waals surface area (Å²) in [6.45, 7) is 3.90. The molecular formula is C16H26N4O2S. The normalized spacial score (nSPS) is 18.1. The Morgan fingerprint density at radius 3 is 2.43 bits per heavy atom. The molecule has 3 N–H and O–H groups in total. The number of nitrogens with zero attached hydrogens (tertiary/aromatic N) is 2. The zero-order valence-electron chi connectivity index (χ0n) is 13.8. The van der Waals surface area contributed by atoms with Crippen LogP contribution in [0.5, 0.6) is 0 Å². The van der Waals surface area contributed by atoms with Crippen LogP contribution < -0.4 is 11.1 Å². The van der Waals surface area contributed by atoms with Gasteiger partial charge in [0, 0.05) is 25.3 Å². The maximum absolute atomic E-state index is 11.5. The quantitative estimate of drug-likeness (QED) is 0.631. The van der Waals surface area contributed by atoms with Gasteiger partial charge in [0.1, 0.15) is 0 Å². The molecule has 1 aromatic rings. The Morgan fingerprint density at radius 2 is 1.91 bits per heavy atom. The second-order valence-electron chi connectivity index (χ2n) is 6.01. The summed E-state index contributed by atoms with van der Waals surface area (Å²) in [5.41, 5.74) is 8.13. The van der Waals surface area contributed by atoms with Crippen LogP contribution in [-0.4, -0.2) is 44.6 Å². The molecule has 0 aliphatic carbocycles. The van der Waals surface area contributed by atoms with E-state index < -0.39 is 10.0 Å². The molecule has 0 unspecified atom stereocenters. The number of hydrogen-bond acceptors (Lipinski definition) is 3. The number of anilines is 1. The smallest absolute Gasteiger partial charge is 0.211 e. The lowest BCUT2D eigenvalue weighted by Gasteiger charge is -2.29. The first-order valence-corrected chi connectivity index (χ1v) is 9.84. The van der Waals surface area contributed by atoms with Crippen molar-refractivity contribution in [3.05, 3.63) is 29.8 Å². The molecule has 7 heteroatoms. The predicted octanol–water partition coefficient (Wildman–Crippen LogP) is 1.65. The van der Waals surface area contributed by atoms with E-state index in [1.165, 1.54) is 16.1 Å². The zero-order chi connectivity index (χ0) is 16.9. The summed E-state index contributed by atoms with van der Waals surface area (Å²) in [7, 11) is -3.07. The van der Waals surface area contributed by atoms with Crippen molar-refractivity contribution in [2.24, 2.45) is 16.6 Å². The molecule has 0 aromatic heterocycles. The van der Waals surface area contributed by atoms with E-state index in [1.54, 1.807) is 0 Å². The first-order valence-electron chi connectivity index (χ1n) is 7.99. The van der Waals surface area contributed by atoms with Gasteiger partial charge in [0.15, 0.2) is 5.96 Å². The van der Waals surface area contributed by atoms with E-state index in [0.29, 0.717) is 31.5 Å². The summed E-state index contributed by atoms with van der Waals surface area (Å²) in [5.74, 6) is 0.788. The first-order chi connectivity index (χ1) is 10.9. The fraction of sp³-hybridized carbons (Fsp3) is 0.562. The molecule has 2 rings (SSSR count). The number of piperidine rings is 1. The van der Waals surface area contributed by atoms with Crippen molar-refractivity contribution in [2.45, 2.75) is 26.2 Å². The third-order valence-electron chi connectivity index (χ3n) is 4.20. The summed E-state index contributed by atoms with van der Waals surface area (Å²) in [4.78, 5) is 4.39. The molecule has 0 radical (unpaired) electrons. The average molecular weight is 338 g/mol. The topological polar surface area (TPSA) is 87.8 Å². The van der Waals surface area contributed by atoms with Crippen LogP contribution in [0.4, 0.5) is 5.69 Å². The fourth-order valence-electron chi connectivity index (χ4n) is 2.66. The molecule has 1 aliphatic heterocycles. The summed E-state index contributed by atoms with van der Waals surface area (Å²) in [6, 6.07) is 8.12. The standard InChI is InChI=1S/C16H26N4O2S/c1-3-13-4-6-15(7-5-13)19-16(17)18-12-14-8-10-20(11-9-14)23(2,21)22/h4-7,14H,3,8-12H2,1-2H3,(H3,17,18,19). The predicted molar refractivity (Wildman–Crippen MR) is 95.1 cm³/mol. The van der Waals surface area contributed by atoms with Crippen molar-refractivity contribution in [2.75, 3.05) is 31.2 Å². The van der Waals surface area contributed by atoms with E-state index in [4.69, 9.17) is 5.73 Å². The zero-order valence-corrected chi connectivity index (χ0v) is 14.6. The molecule has 6 nitrogen and oxygen atoms in total. The van der Waals surface area contributed by atoms with Gasteiger partial charge >= 0.3 is 0 Å². The van der Waals surface area contributed by atoms with E-state index >= 15 is 0 Å². The maximum atomic E-state index is 11.5. The first kappa shape index (κ1) is 17.7. The van der Waals surface area contributed by atoms with Crippen LogP contribution in [0.1, 0.15) is 25.3 Å². The van der Waals surface area contributed by atoms with E-state index in [0.717, 1.165) is 24.9 Å². The van der Waals surface area contributed by atoms with Crippen molar-refractivity contribution < 1.29 is 8.42 Å². The molecule has 0 saturated carbocycles. The number of benzene rings is 1. The van der Waals surface area contributed by atoms with E-state index in [-0.39, 0.29) is 0 Å². The minimum Gasteiger partial charge on any atom is -0.370 e. The minimum atomic E-state index is -3.07. The third kappa shape index (κ3) is 5.51. The van der Waals surface area contributed by atoms with Gasteiger partial charge in [0.25, 0.3) is 0 Å². The van der Waals surface area contributed by atoms with Crippen LogP contribution in [0, 0.1) is 5.92 Å². The van der Waals surface area contributed by atoms with Crippen molar-refractivity contribution >= 4 is 21.7 Å². The van der Waals surface area contributed by atoms with E-state index in [9.17, 15) is 8.42 Å². The molecule has 23 heavy (non-hydrogen) atoms. The molecule has 1 heterocycles. The second-order valence-corrected chi connectivity index (χ2v) is 7.99. The summed E-state index contributed by atoms with van der Waals surface area (Å²) in [5, 5.41) is 3.09. The molecule has 0 bridgehead atoms. The Morgan fingerprint density at radius 1 is 1.30 bits per heavy atom. The molecule has 1 aromatic carbocycles. The van der Waals surface area contributed by atoms with Crippen LogP contribution in [0.2, 0.25) is 0 Å². The van der Waals surface area contributed by atoms with E-state index in [2.05, 4.69) is 29.4 Å². The van der Waals surface area contributed by atoms with Gasteiger partial charge in [-0.15, -0.1) is 0 Å². The Kier molecular flexibility index (Phi) is 6.01.